The first-order valence-electron chi connectivity index (χ1n) is 37.0. The van der Waals surface area contributed by atoms with Crippen molar-refractivity contribution < 1.29 is 57.1 Å². The molecule has 8 rings (SSSR count). The minimum atomic E-state index is -0.284. The standard InChI is InChI=1S/C44H68ClN11O8.C31H42ClN7O4/c1-2-22-64-33-51-44(59)48-14-5-3-4-10-37(57)11-7-23-60-27-28-61-24-15-49-43(58)50-16-25-62-29-30-63-26-21-55-17-19-56(20-18-55)36-9-6-8-34(31-36)40-38-32-35(45)12-13-39(38)52-42(53-40)54-41(46)47;1-41-16-3-7-26(40)8-4-17-42-19-20-43-18-15-38-11-13-39(14-12-38)25-6-2-5-23(21-25)29-27-22-24(32)9-10-28(27)35-31(36-29)37-30(33)34/h6,8-9,12-13,31-32H,2-5,7,10-11,14-30,33H2,1H3,(H2,48,51,59)(H2,49,50,58)(H4,46,47,52,53,54);2,5-6,9-10,21-22H,3-4,7-8,11-20H2,1H3,(H4,33,34,35,36,37). The Labute approximate surface area is 638 Å². The Hall–Kier alpha value is -8.24. The van der Waals surface area contributed by atoms with E-state index in [1.165, 1.54) is 0 Å². The van der Waals surface area contributed by atoms with Crippen LogP contribution in [-0.2, 0) is 47.5 Å². The summed E-state index contributed by atoms with van der Waals surface area (Å²) in [7, 11) is 1.65. The lowest BCUT2D eigenvalue weighted by Crippen LogP contribution is -2.47. The maximum Gasteiger partial charge on any atom is 0.316 e. The van der Waals surface area contributed by atoms with Gasteiger partial charge in [0, 0.05) is 188 Å². The molecule has 2 fully saturated rings. The predicted molar refractivity (Wildman–Crippen MR) is 420 cm³/mol. The number of ether oxygens (including phenoxy) is 8. The molecule has 0 aliphatic carbocycles. The maximum absolute atomic E-state index is 12.1. The van der Waals surface area contributed by atoms with Gasteiger partial charge in [-0.05, 0) is 99.2 Å². The number of guanidine groups is 2. The second-order valence-electron chi connectivity index (χ2n) is 25.4. The number of unbranched alkanes of at least 4 members (excludes halogenated alkanes) is 2. The number of Topliss-reactive ketones (excluding diaryl/α,β-unsaturated/α-hetero) is 2. The number of anilines is 2. The Morgan fingerprint density at radius 1 is 0.439 bits per heavy atom. The molecular formula is C75H110Cl2N18O12. The number of carbonyl (C=O) groups is 4. The van der Waals surface area contributed by atoms with Crippen LogP contribution < -0.4 is 54.0 Å². The topological polar surface area (TPSA) is 384 Å². The van der Waals surface area contributed by atoms with Crippen LogP contribution in [0.15, 0.2) is 94.9 Å². The van der Waals surface area contributed by atoms with Crippen molar-refractivity contribution in [3.63, 3.8) is 0 Å². The van der Waals surface area contributed by atoms with Crippen LogP contribution >= 0.6 is 23.2 Å². The van der Waals surface area contributed by atoms with Crippen LogP contribution in [0.2, 0.25) is 10.0 Å². The zero-order valence-electron chi connectivity index (χ0n) is 62.1. The maximum atomic E-state index is 12.1. The lowest BCUT2D eigenvalue weighted by atomic mass is 10.1. The molecule has 4 amide bonds. The van der Waals surface area contributed by atoms with Gasteiger partial charge in [-0.1, -0.05) is 60.8 Å². The Balaban J connectivity index is 0.000000322. The molecule has 2 saturated heterocycles. The number of urea groups is 2. The molecule has 107 heavy (non-hydrogen) atoms. The monoisotopic (exact) mass is 1520 g/mol. The quantitative estimate of drug-likeness (QED) is 0.00783. The summed E-state index contributed by atoms with van der Waals surface area (Å²) in [4.78, 5) is 83.4. The van der Waals surface area contributed by atoms with Crippen LogP contribution in [0.1, 0.15) is 77.6 Å². The fraction of sp³-hybridized carbons (Fsp3) is 0.547. The summed E-state index contributed by atoms with van der Waals surface area (Å²) in [5.41, 5.74) is 29.3. The number of halogens is 2. The predicted octanol–water partition coefficient (Wildman–Crippen LogP) is 7.72. The number of methoxy groups -OCH3 is 1. The number of benzene rings is 4. The van der Waals surface area contributed by atoms with Crippen LogP contribution in [-0.4, -0.2) is 257 Å². The number of piperazine rings is 2. The third-order valence-electron chi connectivity index (χ3n) is 17.1. The number of nitrogens with zero attached hydrogens (tertiary/aromatic N) is 10. The van der Waals surface area contributed by atoms with Crippen LogP contribution in [0, 0.1) is 0 Å². The molecule has 2 aliphatic heterocycles. The fourth-order valence-electron chi connectivity index (χ4n) is 11.6. The molecule has 2 aromatic heterocycles. The third-order valence-corrected chi connectivity index (χ3v) is 17.6. The number of amides is 4. The third kappa shape index (κ3) is 33.8. The Kier molecular flexibility index (Phi) is 40.5. The molecular weight excluding hydrogens is 1420 g/mol. The molecule has 4 aromatic carbocycles. The summed E-state index contributed by atoms with van der Waals surface area (Å²) in [6.45, 7) is 19.7. The van der Waals surface area contributed by atoms with Gasteiger partial charge < -0.3 is 91.9 Å². The van der Waals surface area contributed by atoms with E-state index in [4.69, 9.17) is 84.0 Å². The van der Waals surface area contributed by atoms with Gasteiger partial charge in [0.2, 0.25) is 0 Å². The van der Waals surface area contributed by atoms with Crippen molar-refractivity contribution in [3.8, 4) is 22.5 Å². The molecule has 0 radical (unpaired) electrons. The van der Waals surface area contributed by atoms with E-state index < -0.39 is 0 Å². The number of rotatable bonds is 49. The lowest BCUT2D eigenvalue weighted by molar-refractivity contribution is -0.120. The van der Waals surface area contributed by atoms with E-state index in [1.807, 2.05) is 55.5 Å². The van der Waals surface area contributed by atoms with Crippen molar-refractivity contribution in [2.45, 2.75) is 77.6 Å². The molecule has 32 heteroatoms. The number of nitrogens with one attached hydrogen (secondary N) is 4. The van der Waals surface area contributed by atoms with Crippen molar-refractivity contribution in [3.05, 3.63) is 95.0 Å². The lowest BCUT2D eigenvalue weighted by Gasteiger charge is -2.36. The number of carbonyl (C=O) groups excluding carboxylic acids is 4. The smallest absolute Gasteiger partial charge is 0.316 e. The second-order valence-corrected chi connectivity index (χ2v) is 26.3. The molecule has 0 saturated carbocycles. The molecule has 2 aliphatic rings. The van der Waals surface area contributed by atoms with E-state index in [-0.39, 0.29) is 54.2 Å². The van der Waals surface area contributed by atoms with Gasteiger partial charge in [0.1, 0.15) is 18.3 Å². The molecule has 0 unspecified atom stereocenters. The summed E-state index contributed by atoms with van der Waals surface area (Å²) in [5.74, 6) is 0.683. The molecule has 0 bridgehead atoms. The summed E-state index contributed by atoms with van der Waals surface area (Å²) in [6, 6.07) is 27.0. The van der Waals surface area contributed by atoms with E-state index in [0.29, 0.717) is 171 Å². The molecule has 4 heterocycles. The molecule has 0 spiro atoms. The molecule has 30 nitrogen and oxygen atoms in total. The number of hydrogen-bond acceptors (Lipinski definition) is 22. The zero-order valence-corrected chi connectivity index (χ0v) is 63.6. The average Bonchev–Trinajstić information content (AvgIpc) is 0.788. The largest absolute Gasteiger partial charge is 0.385 e. The van der Waals surface area contributed by atoms with E-state index in [2.05, 4.69) is 95.1 Å². The van der Waals surface area contributed by atoms with Crippen molar-refractivity contribution in [1.29, 1.82) is 0 Å². The van der Waals surface area contributed by atoms with Gasteiger partial charge in [0.15, 0.2) is 11.9 Å². The SMILES string of the molecule is CCCOCNC(=O)NCCCCCC(=O)CCCOCCOCCNC(=O)NCCOCCOCCN1CCN(c2cccc(-c3nc(N=C(N)N)nc4ccc(Cl)cc34)c2)CC1.COCCCC(=O)CCCOCCOCCN1CCN(c2cccc(-c3nc(N=C(N)N)nc4ccc(Cl)cc34)c2)CC1. The minimum absolute atomic E-state index is 0.0982. The van der Waals surface area contributed by atoms with E-state index in [0.717, 1.165) is 143 Å². The Morgan fingerprint density at radius 2 is 0.860 bits per heavy atom. The first-order chi connectivity index (χ1) is 52.1. The number of aromatic nitrogens is 4. The summed E-state index contributed by atoms with van der Waals surface area (Å²) < 4.78 is 44.0. The summed E-state index contributed by atoms with van der Waals surface area (Å²) >= 11 is 12.6. The number of aliphatic imine (C=N–C) groups is 2. The van der Waals surface area contributed by atoms with E-state index in [1.54, 1.807) is 19.2 Å². The van der Waals surface area contributed by atoms with Gasteiger partial charge in [-0.3, -0.25) is 19.4 Å². The Morgan fingerprint density at radius 3 is 1.31 bits per heavy atom. The van der Waals surface area contributed by atoms with Gasteiger partial charge >= 0.3 is 12.1 Å². The van der Waals surface area contributed by atoms with E-state index in [9.17, 15) is 19.2 Å². The number of hydrogen-bond donors (Lipinski definition) is 8. The first-order valence-corrected chi connectivity index (χ1v) is 37.8. The summed E-state index contributed by atoms with van der Waals surface area (Å²) in [6.07, 6.45) is 7.80. The average molecular weight is 1530 g/mol. The van der Waals surface area contributed by atoms with Crippen LogP contribution in [0.4, 0.5) is 32.9 Å². The highest BCUT2D eigenvalue weighted by atomic mass is 35.5. The van der Waals surface area contributed by atoms with Gasteiger partial charge in [-0.25, -0.2) is 29.5 Å². The normalized spacial score (nSPS) is 13.3. The minimum Gasteiger partial charge on any atom is -0.385 e. The highest BCUT2D eigenvalue weighted by Crippen LogP contribution is 2.34. The zero-order chi connectivity index (χ0) is 76.1. The first kappa shape index (κ1) is 86.0. The van der Waals surface area contributed by atoms with Crippen molar-refractivity contribution in [2.24, 2.45) is 32.9 Å². The summed E-state index contributed by atoms with van der Waals surface area (Å²) in [5, 5.41) is 13.8. The van der Waals surface area contributed by atoms with Crippen LogP contribution in [0.5, 0.6) is 0 Å². The Bertz CT molecular complexity index is 3690. The van der Waals surface area contributed by atoms with Crippen molar-refractivity contribution >= 4 is 104 Å². The highest BCUT2D eigenvalue weighted by molar-refractivity contribution is 6.32. The van der Waals surface area contributed by atoms with Crippen LogP contribution in [0.25, 0.3) is 44.3 Å². The van der Waals surface area contributed by atoms with E-state index >= 15 is 0 Å². The van der Waals surface area contributed by atoms with Gasteiger partial charge in [-0.2, -0.15) is 9.98 Å². The fourth-order valence-corrected chi connectivity index (χ4v) is 12.0. The highest BCUT2D eigenvalue weighted by Gasteiger charge is 2.22. The van der Waals surface area contributed by atoms with Crippen LogP contribution in [0.3, 0.4) is 0 Å². The van der Waals surface area contributed by atoms with Gasteiger partial charge in [0.25, 0.3) is 11.9 Å². The van der Waals surface area contributed by atoms with Crippen molar-refractivity contribution in [2.75, 3.05) is 201 Å². The molecule has 12 N–H and O–H groups in total. The number of fused-ring (bicyclic) bond motifs is 2. The number of nitrogens with two attached hydrogens (primary N) is 4. The van der Waals surface area contributed by atoms with Gasteiger partial charge in [0.05, 0.1) is 88.5 Å². The van der Waals surface area contributed by atoms with Crippen molar-refractivity contribution in [1.82, 2.24) is 51.0 Å². The number of ketones is 2. The molecule has 586 valence electrons. The molecule has 6 aromatic rings. The molecule has 0 atom stereocenters. The second kappa shape index (κ2) is 50.4. The van der Waals surface area contributed by atoms with Gasteiger partial charge in [-0.15, -0.1) is 0 Å².